The van der Waals surface area contributed by atoms with Crippen LogP contribution in [0.1, 0.15) is 61.7 Å². The predicted molar refractivity (Wildman–Crippen MR) is 115 cm³/mol. The number of nitrogens with one attached hydrogen (secondary N) is 2. The monoisotopic (exact) mass is 408 g/mol. The molecule has 0 fully saturated rings. The van der Waals surface area contributed by atoms with Crippen molar-refractivity contribution in [2.75, 3.05) is 5.32 Å². The normalized spacial score (nSPS) is 13.4. The van der Waals surface area contributed by atoms with Crippen molar-refractivity contribution in [3.63, 3.8) is 0 Å². The Kier molecular flexibility index (Phi) is 5.81. The highest BCUT2D eigenvalue weighted by atomic mass is 32.1. The van der Waals surface area contributed by atoms with Gasteiger partial charge < -0.3 is 15.1 Å². The van der Waals surface area contributed by atoms with E-state index in [1.807, 2.05) is 25.1 Å². The summed E-state index contributed by atoms with van der Waals surface area (Å²) in [4.78, 5) is 27.1. The lowest BCUT2D eigenvalue weighted by atomic mass is 10.0. The molecule has 2 heterocycles. The molecule has 150 valence electrons. The van der Waals surface area contributed by atoms with Crippen LogP contribution >= 0.6 is 11.3 Å². The Bertz CT molecular complexity index is 1000. The number of anilines is 1. The molecule has 5 nitrogen and oxygen atoms in total. The van der Waals surface area contributed by atoms with Gasteiger partial charge in [0.25, 0.3) is 11.8 Å². The molecule has 29 heavy (non-hydrogen) atoms. The molecule has 0 radical (unpaired) electrons. The molecule has 0 saturated heterocycles. The number of thiophene rings is 1. The predicted octanol–water partition coefficient (Wildman–Crippen LogP) is 5.10. The van der Waals surface area contributed by atoms with Crippen LogP contribution in [0.3, 0.4) is 0 Å². The highest BCUT2D eigenvalue weighted by Crippen LogP contribution is 2.37. The Labute approximate surface area is 174 Å². The summed E-state index contributed by atoms with van der Waals surface area (Å²) >= 11 is 1.54. The third-order valence-corrected chi connectivity index (χ3v) is 6.40. The maximum Gasteiger partial charge on any atom is 0.256 e. The minimum Gasteiger partial charge on any atom is -0.467 e. The summed E-state index contributed by atoms with van der Waals surface area (Å²) < 4.78 is 5.31. The van der Waals surface area contributed by atoms with Crippen molar-refractivity contribution < 1.29 is 14.0 Å². The van der Waals surface area contributed by atoms with Crippen molar-refractivity contribution in [2.24, 2.45) is 0 Å². The van der Waals surface area contributed by atoms with E-state index >= 15 is 0 Å². The summed E-state index contributed by atoms with van der Waals surface area (Å²) in [5.74, 6) is 0.339. The third-order valence-electron chi connectivity index (χ3n) is 5.19. The second-order valence-corrected chi connectivity index (χ2v) is 8.46. The number of rotatable bonds is 5. The van der Waals surface area contributed by atoms with Gasteiger partial charge in [-0.1, -0.05) is 24.1 Å². The highest BCUT2D eigenvalue weighted by molar-refractivity contribution is 7.17. The molecular formula is C23H24N2O3S. The van der Waals surface area contributed by atoms with Crippen LogP contribution in [-0.2, 0) is 19.4 Å². The molecule has 0 atom stereocenters. The van der Waals surface area contributed by atoms with Gasteiger partial charge in [-0.2, -0.15) is 0 Å². The first-order chi connectivity index (χ1) is 14.1. The lowest BCUT2D eigenvalue weighted by Crippen LogP contribution is -2.25. The Hall–Kier alpha value is -2.86. The number of hydrogen-bond acceptors (Lipinski definition) is 4. The molecular weight excluding hydrogens is 384 g/mol. The Morgan fingerprint density at radius 3 is 2.59 bits per heavy atom. The molecule has 2 N–H and O–H groups in total. The lowest BCUT2D eigenvalue weighted by Gasteiger charge is -2.10. The molecule has 0 aliphatic heterocycles. The van der Waals surface area contributed by atoms with Crippen LogP contribution in [0, 0.1) is 6.92 Å². The standard InChI is InChI=1S/C23H24N2O3S/c1-15-9-11-16(12-10-15)21(26)25-23-20(18-7-3-2-4-8-19(18)29-23)22(27)24-14-17-6-5-13-28-17/h5-6,9-13H,2-4,7-8,14H2,1H3,(H,24,27)(H,25,26). The minimum atomic E-state index is -0.193. The van der Waals surface area contributed by atoms with E-state index in [0.717, 1.165) is 36.8 Å². The van der Waals surface area contributed by atoms with Gasteiger partial charge in [0.2, 0.25) is 0 Å². The summed E-state index contributed by atoms with van der Waals surface area (Å²) in [6.45, 7) is 2.31. The summed E-state index contributed by atoms with van der Waals surface area (Å²) in [7, 11) is 0. The number of fused-ring (bicyclic) bond motifs is 1. The molecule has 0 saturated carbocycles. The number of carbonyl (C=O) groups is 2. The molecule has 4 rings (SSSR count). The quantitative estimate of drug-likeness (QED) is 0.577. The fraction of sp³-hybridized carbons (Fsp3) is 0.304. The van der Waals surface area contributed by atoms with Crippen molar-refractivity contribution >= 4 is 28.2 Å². The van der Waals surface area contributed by atoms with Gasteiger partial charge in [-0.3, -0.25) is 9.59 Å². The van der Waals surface area contributed by atoms with Gasteiger partial charge in [0.1, 0.15) is 10.8 Å². The third kappa shape index (κ3) is 4.43. The van der Waals surface area contributed by atoms with Gasteiger partial charge in [-0.05, 0) is 62.4 Å². The molecule has 0 spiro atoms. The fourth-order valence-corrected chi connectivity index (χ4v) is 4.90. The lowest BCUT2D eigenvalue weighted by molar-refractivity contribution is 0.0948. The van der Waals surface area contributed by atoms with Crippen molar-refractivity contribution in [3.05, 3.63) is 75.6 Å². The van der Waals surface area contributed by atoms with Crippen LogP contribution in [0.4, 0.5) is 5.00 Å². The van der Waals surface area contributed by atoms with Gasteiger partial charge >= 0.3 is 0 Å². The number of aryl methyl sites for hydroxylation is 2. The zero-order valence-electron chi connectivity index (χ0n) is 16.4. The topological polar surface area (TPSA) is 71.3 Å². The number of carbonyl (C=O) groups excluding carboxylic acids is 2. The van der Waals surface area contributed by atoms with E-state index in [2.05, 4.69) is 10.6 Å². The average Bonchev–Trinajstić information content (AvgIpc) is 3.29. The highest BCUT2D eigenvalue weighted by Gasteiger charge is 2.26. The molecule has 0 bridgehead atoms. The van der Waals surface area contributed by atoms with Crippen LogP contribution in [-0.4, -0.2) is 11.8 Å². The van der Waals surface area contributed by atoms with Crippen molar-refractivity contribution in [1.82, 2.24) is 5.32 Å². The van der Waals surface area contributed by atoms with Gasteiger partial charge in [0.05, 0.1) is 18.4 Å². The molecule has 2 amide bonds. The van der Waals surface area contributed by atoms with Crippen LogP contribution in [0.2, 0.25) is 0 Å². The smallest absolute Gasteiger partial charge is 0.256 e. The van der Waals surface area contributed by atoms with Gasteiger partial charge in [-0.15, -0.1) is 11.3 Å². The second-order valence-electron chi connectivity index (χ2n) is 7.35. The van der Waals surface area contributed by atoms with E-state index in [-0.39, 0.29) is 11.8 Å². The molecule has 2 aromatic heterocycles. The van der Waals surface area contributed by atoms with Crippen molar-refractivity contribution in [2.45, 2.75) is 45.6 Å². The fourth-order valence-electron chi connectivity index (χ4n) is 3.62. The average molecular weight is 409 g/mol. The minimum absolute atomic E-state index is 0.167. The number of amides is 2. The van der Waals surface area contributed by atoms with Crippen LogP contribution in [0.25, 0.3) is 0 Å². The first-order valence-corrected chi connectivity index (χ1v) is 10.8. The van der Waals surface area contributed by atoms with E-state index in [9.17, 15) is 9.59 Å². The second kappa shape index (κ2) is 8.66. The maximum atomic E-state index is 13.1. The van der Waals surface area contributed by atoms with E-state index in [1.165, 1.54) is 22.6 Å². The Morgan fingerprint density at radius 1 is 1.03 bits per heavy atom. The Balaban J connectivity index is 1.60. The largest absolute Gasteiger partial charge is 0.467 e. The molecule has 1 aliphatic carbocycles. The van der Waals surface area contributed by atoms with E-state index in [0.29, 0.717) is 28.4 Å². The van der Waals surface area contributed by atoms with Crippen LogP contribution in [0.15, 0.2) is 47.1 Å². The van der Waals surface area contributed by atoms with Crippen LogP contribution < -0.4 is 10.6 Å². The number of benzene rings is 1. The van der Waals surface area contributed by atoms with Gasteiger partial charge in [0.15, 0.2) is 0 Å². The van der Waals surface area contributed by atoms with E-state index in [4.69, 9.17) is 4.42 Å². The number of furan rings is 1. The maximum absolute atomic E-state index is 13.1. The number of hydrogen-bond donors (Lipinski definition) is 2. The molecule has 3 aromatic rings. The van der Waals surface area contributed by atoms with Gasteiger partial charge in [0, 0.05) is 10.4 Å². The molecule has 6 heteroatoms. The summed E-state index contributed by atoms with van der Waals surface area (Å²) in [5, 5.41) is 6.57. The SMILES string of the molecule is Cc1ccc(C(=O)Nc2sc3c(c2C(=O)NCc2ccco2)CCCCC3)cc1. The molecule has 1 aliphatic rings. The van der Waals surface area contributed by atoms with Crippen molar-refractivity contribution in [1.29, 1.82) is 0 Å². The molecule has 1 aromatic carbocycles. The summed E-state index contributed by atoms with van der Waals surface area (Å²) in [6.07, 6.45) is 6.76. The van der Waals surface area contributed by atoms with E-state index in [1.54, 1.807) is 24.5 Å². The molecule has 0 unspecified atom stereocenters. The first-order valence-electron chi connectivity index (χ1n) is 9.95. The first kappa shape index (κ1) is 19.5. The zero-order valence-corrected chi connectivity index (χ0v) is 17.2. The summed E-state index contributed by atoms with van der Waals surface area (Å²) in [5.41, 5.74) is 3.38. The van der Waals surface area contributed by atoms with Gasteiger partial charge in [-0.25, -0.2) is 0 Å². The Morgan fingerprint density at radius 2 is 1.83 bits per heavy atom. The van der Waals surface area contributed by atoms with E-state index < -0.39 is 0 Å². The summed E-state index contributed by atoms with van der Waals surface area (Å²) in [6, 6.07) is 11.1. The zero-order chi connectivity index (χ0) is 20.2. The van der Waals surface area contributed by atoms with Crippen LogP contribution in [0.5, 0.6) is 0 Å². The van der Waals surface area contributed by atoms with Crippen molar-refractivity contribution in [3.8, 4) is 0 Å².